The first-order chi connectivity index (χ1) is 9.13. The van der Waals surface area contributed by atoms with Crippen molar-refractivity contribution in [1.82, 2.24) is 4.90 Å². The van der Waals surface area contributed by atoms with Gasteiger partial charge in [0, 0.05) is 48.1 Å². The van der Waals surface area contributed by atoms with Gasteiger partial charge in [-0.2, -0.15) is 0 Å². The first-order valence-corrected chi connectivity index (χ1v) is 7.10. The topological polar surface area (TPSA) is 26.7 Å². The molecule has 1 N–H and O–H groups in total. The molecule has 0 heterocycles. The lowest BCUT2D eigenvalue weighted by Gasteiger charge is -2.23. The molecule has 0 saturated carbocycles. The number of hydrogen-bond acceptors (Lipinski definition) is 4. The van der Waals surface area contributed by atoms with Crippen molar-refractivity contribution >= 4 is 28.5 Å². The normalized spacial score (nSPS) is 11.2. The molecule has 102 valence electrons. The summed E-state index contributed by atoms with van der Waals surface area (Å²) in [4.78, 5) is 5.34. The van der Waals surface area contributed by atoms with Crippen LogP contribution < -0.4 is 4.90 Å². The van der Waals surface area contributed by atoms with Crippen LogP contribution in [0.4, 0.5) is 5.69 Å². The van der Waals surface area contributed by atoms with Crippen LogP contribution in [0.3, 0.4) is 0 Å². The second-order valence-electron chi connectivity index (χ2n) is 4.94. The van der Waals surface area contributed by atoms with Crippen LogP contribution in [0.15, 0.2) is 41.3 Å². The van der Waals surface area contributed by atoms with Gasteiger partial charge in [0.25, 0.3) is 0 Å². The van der Waals surface area contributed by atoms with E-state index in [1.165, 1.54) is 11.1 Å². The predicted molar refractivity (Wildman–Crippen MR) is 84.3 cm³/mol. The largest absolute Gasteiger partial charge is 0.373 e. The van der Waals surface area contributed by atoms with Gasteiger partial charge < -0.3 is 14.4 Å². The van der Waals surface area contributed by atoms with Gasteiger partial charge >= 0.3 is 0 Å². The maximum Gasteiger partial charge on any atom is 0.0444 e. The molecule has 3 nitrogen and oxygen atoms in total. The Kier molecular flexibility index (Phi) is 4.69. The van der Waals surface area contributed by atoms with E-state index < -0.39 is 0 Å². The van der Waals surface area contributed by atoms with E-state index in [0.29, 0.717) is 0 Å². The van der Waals surface area contributed by atoms with Crippen LogP contribution in [-0.4, -0.2) is 43.7 Å². The van der Waals surface area contributed by atoms with Crippen molar-refractivity contribution in [3.8, 4) is 0 Å². The van der Waals surface area contributed by atoms with Gasteiger partial charge in [0.05, 0.1) is 0 Å². The average Bonchev–Trinajstić information content (AvgIpc) is 2.43. The Morgan fingerprint density at radius 1 is 0.947 bits per heavy atom. The number of benzene rings is 2. The maximum absolute atomic E-state index is 9.34. The van der Waals surface area contributed by atoms with Crippen LogP contribution in [0.2, 0.25) is 0 Å². The minimum Gasteiger partial charge on any atom is -0.373 e. The molecule has 0 aliphatic heterocycles. The van der Waals surface area contributed by atoms with E-state index in [0.717, 1.165) is 35.4 Å². The minimum absolute atomic E-state index is 0.810. The first-order valence-electron chi connectivity index (χ1n) is 6.32. The van der Waals surface area contributed by atoms with E-state index in [2.05, 4.69) is 49.1 Å². The molecule has 19 heavy (non-hydrogen) atoms. The number of hydrogen-bond donors (Lipinski definition) is 1. The van der Waals surface area contributed by atoms with Crippen molar-refractivity contribution in [3.05, 3.63) is 36.4 Å². The van der Waals surface area contributed by atoms with Gasteiger partial charge in [-0.3, -0.25) is 0 Å². The summed E-state index contributed by atoms with van der Waals surface area (Å²) in [6, 6.07) is 12.3. The fourth-order valence-corrected chi connectivity index (χ4v) is 2.56. The summed E-state index contributed by atoms with van der Waals surface area (Å²) in [6.07, 6.45) is 0. The fraction of sp³-hybridized carbons (Fsp3) is 0.333. The summed E-state index contributed by atoms with van der Waals surface area (Å²) in [6.45, 7) is 1.99. The molecule has 0 fully saturated rings. The quantitative estimate of drug-likeness (QED) is 0.847. The van der Waals surface area contributed by atoms with E-state index in [-0.39, 0.29) is 0 Å². The van der Waals surface area contributed by atoms with E-state index >= 15 is 0 Å². The molecule has 2 aromatic carbocycles. The summed E-state index contributed by atoms with van der Waals surface area (Å²) < 4.78 is 9.34. The molecule has 0 saturated heterocycles. The van der Waals surface area contributed by atoms with Crippen molar-refractivity contribution < 1.29 is 4.55 Å². The van der Waals surface area contributed by atoms with Crippen LogP contribution >= 0.6 is 12.0 Å². The number of nitrogens with zero attached hydrogens (tertiary/aromatic N) is 2. The van der Waals surface area contributed by atoms with Crippen LogP contribution in [0.5, 0.6) is 0 Å². The number of rotatable bonds is 5. The van der Waals surface area contributed by atoms with Gasteiger partial charge in [0.2, 0.25) is 0 Å². The average molecular weight is 276 g/mol. The van der Waals surface area contributed by atoms with Gasteiger partial charge in [-0.1, -0.05) is 24.3 Å². The lowest BCUT2D eigenvalue weighted by atomic mass is 10.1. The molecule has 2 aromatic rings. The molecule has 2 rings (SSSR count). The summed E-state index contributed by atoms with van der Waals surface area (Å²) >= 11 is 0.810. The predicted octanol–water partition coefficient (Wildman–Crippen LogP) is 3.40. The molecule has 0 amide bonds. The highest BCUT2D eigenvalue weighted by molar-refractivity contribution is 7.94. The molecule has 0 radical (unpaired) electrons. The Balaban J connectivity index is 2.38. The first kappa shape index (κ1) is 14.2. The van der Waals surface area contributed by atoms with E-state index in [4.69, 9.17) is 0 Å². The Morgan fingerprint density at radius 3 is 2.32 bits per heavy atom. The van der Waals surface area contributed by atoms with Crippen molar-refractivity contribution in [2.24, 2.45) is 0 Å². The zero-order chi connectivity index (χ0) is 13.8. The molecule has 0 bridgehead atoms. The Bertz CT molecular complexity index is 557. The van der Waals surface area contributed by atoms with Crippen LogP contribution in [0.1, 0.15) is 0 Å². The van der Waals surface area contributed by atoms with Gasteiger partial charge in [0.1, 0.15) is 0 Å². The monoisotopic (exact) mass is 276 g/mol. The maximum atomic E-state index is 9.34. The number of anilines is 1. The van der Waals surface area contributed by atoms with E-state index in [9.17, 15) is 4.55 Å². The van der Waals surface area contributed by atoms with Crippen molar-refractivity contribution in [2.45, 2.75) is 4.90 Å². The minimum atomic E-state index is 0.810. The Labute approximate surface area is 119 Å². The Hall–Kier alpha value is -1.23. The highest BCUT2D eigenvalue weighted by atomic mass is 32.2. The standard InChI is InChI=1S/C15H20N2OS/c1-16(2)10-11-17(3)14-8-4-7-13-12(14)6-5-9-15(13)19-18/h4-9,18H,10-11H2,1-3H3. The molecule has 0 unspecified atom stereocenters. The fourth-order valence-electron chi connectivity index (χ4n) is 2.15. The molecule has 4 heteroatoms. The SMILES string of the molecule is CN(C)CCN(C)c1cccc2c(SO)cccc12. The molecule has 0 aromatic heterocycles. The van der Waals surface area contributed by atoms with Crippen molar-refractivity contribution in [1.29, 1.82) is 0 Å². The third kappa shape index (κ3) is 3.21. The molecule has 0 spiro atoms. The summed E-state index contributed by atoms with van der Waals surface area (Å²) in [5.74, 6) is 0. The van der Waals surface area contributed by atoms with Crippen LogP contribution in [-0.2, 0) is 0 Å². The lowest BCUT2D eigenvalue weighted by molar-refractivity contribution is 0.416. The zero-order valence-corrected chi connectivity index (χ0v) is 12.4. The van der Waals surface area contributed by atoms with Crippen LogP contribution in [0.25, 0.3) is 10.8 Å². The molecule has 0 aliphatic carbocycles. The van der Waals surface area contributed by atoms with Gasteiger partial charge in [0.15, 0.2) is 0 Å². The summed E-state index contributed by atoms with van der Waals surface area (Å²) in [7, 11) is 6.27. The highest BCUT2D eigenvalue weighted by Gasteiger charge is 2.08. The summed E-state index contributed by atoms with van der Waals surface area (Å²) in [5, 5.41) is 2.28. The molecule has 0 atom stereocenters. The number of fused-ring (bicyclic) bond motifs is 1. The van der Waals surface area contributed by atoms with E-state index in [1.54, 1.807) is 0 Å². The second-order valence-corrected chi connectivity index (χ2v) is 5.57. The van der Waals surface area contributed by atoms with Crippen molar-refractivity contribution in [3.63, 3.8) is 0 Å². The van der Waals surface area contributed by atoms with Gasteiger partial charge in [-0.15, -0.1) is 0 Å². The highest BCUT2D eigenvalue weighted by Crippen LogP contribution is 2.32. The zero-order valence-electron chi connectivity index (χ0n) is 11.6. The lowest BCUT2D eigenvalue weighted by Crippen LogP contribution is -2.28. The summed E-state index contributed by atoms with van der Waals surface area (Å²) in [5.41, 5.74) is 1.20. The molecule has 0 aliphatic rings. The smallest absolute Gasteiger partial charge is 0.0444 e. The molecular weight excluding hydrogens is 256 g/mol. The van der Waals surface area contributed by atoms with Crippen LogP contribution in [0, 0.1) is 0 Å². The third-order valence-corrected chi connectivity index (χ3v) is 3.80. The Morgan fingerprint density at radius 2 is 1.63 bits per heavy atom. The van der Waals surface area contributed by atoms with Gasteiger partial charge in [-0.25, -0.2) is 0 Å². The second kappa shape index (κ2) is 6.28. The molecular formula is C15H20N2OS. The third-order valence-electron chi connectivity index (χ3n) is 3.25. The number of likely N-dealkylation sites (N-methyl/N-ethyl adjacent to an activating group) is 2. The van der Waals surface area contributed by atoms with Crippen molar-refractivity contribution in [2.75, 3.05) is 39.1 Å². The van der Waals surface area contributed by atoms with Gasteiger partial charge in [-0.05, 0) is 31.6 Å². The van der Waals surface area contributed by atoms with E-state index in [1.807, 2.05) is 18.2 Å².